The maximum absolute atomic E-state index is 11.6. The number of benzene rings is 1. The van der Waals surface area contributed by atoms with Crippen LogP contribution in [0.3, 0.4) is 0 Å². The summed E-state index contributed by atoms with van der Waals surface area (Å²) >= 11 is 0. The monoisotopic (exact) mass is 256 g/mol. The van der Waals surface area contributed by atoms with E-state index in [1.165, 1.54) is 0 Å². The molecule has 0 aliphatic rings. The smallest absolute Gasteiger partial charge is 0.238 e. The van der Waals surface area contributed by atoms with Crippen LogP contribution in [-0.2, 0) is 4.79 Å². The first kappa shape index (κ1) is 13.0. The molecule has 0 unspecified atom stereocenters. The number of nitrogens with one attached hydrogen (secondary N) is 3. The van der Waals surface area contributed by atoms with Crippen molar-refractivity contribution in [1.29, 1.82) is 0 Å². The van der Waals surface area contributed by atoms with Gasteiger partial charge in [-0.15, -0.1) is 6.58 Å². The summed E-state index contributed by atoms with van der Waals surface area (Å²) < 4.78 is 0. The third kappa shape index (κ3) is 3.79. The molecule has 0 saturated carbocycles. The molecule has 0 spiro atoms. The first-order chi connectivity index (χ1) is 9.29. The lowest BCUT2D eigenvalue weighted by molar-refractivity contribution is -0.115. The lowest BCUT2D eigenvalue weighted by Crippen LogP contribution is -2.27. The van der Waals surface area contributed by atoms with Crippen molar-refractivity contribution in [1.82, 2.24) is 15.3 Å². The van der Waals surface area contributed by atoms with Crippen LogP contribution in [0.4, 0.5) is 5.69 Å². The van der Waals surface area contributed by atoms with Gasteiger partial charge in [0.25, 0.3) is 0 Å². The zero-order valence-electron chi connectivity index (χ0n) is 10.5. The molecular formula is C14H16N4O. The van der Waals surface area contributed by atoms with E-state index in [-0.39, 0.29) is 12.5 Å². The van der Waals surface area contributed by atoms with Crippen LogP contribution >= 0.6 is 0 Å². The van der Waals surface area contributed by atoms with Crippen molar-refractivity contribution in [2.45, 2.75) is 0 Å². The summed E-state index contributed by atoms with van der Waals surface area (Å²) in [4.78, 5) is 18.6. The van der Waals surface area contributed by atoms with E-state index in [0.717, 1.165) is 16.9 Å². The molecule has 5 heteroatoms. The van der Waals surface area contributed by atoms with Crippen molar-refractivity contribution >= 4 is 11.6 Å². The van der Waals surface area contributed by atoms with E-state index in [2.05, 4.69) is 27.2 Å². The van der Waals surface area contributed by atoms with Gasteiger partial charge >= 0.3 is 0 Å². The number of anilines is 1. The van der Waals surface area contributed by atoms with Gasteiger partial charge in [-0.05, 0) is 17.7 Å². The van der Waals surface area contributed by atoms with Gasteiger partial charge in [0.2, 0.25) is 5.91 Å². The molecule has 19 heavy (non-hydrogen) atoms. The van der Waals surface area contributed by atoms with E-state index >= 15 is 0 Å². The topological polar surface area (TPSA) is 69.8 Å². The van der Waals surface area contributed by atoms with Crippen LogP contribution < -0.4 is 10.6 Å². The number of H-pyrrole nitrogens is 1. The Hall–Kier alpha value is -2.40. The molecule has 98 valence electrons. The Morgan fingerprint density at radius 1 is 1.37 bits per heavy atom. The summed E-state index contributed by atoms with van der Waals surface area (Å²) in [6.45, 7) is 4.46. The van der Waals surface area contributed by atoms with E-state index < -0.39 is 0 Å². The number of aromatic amines is 1. The van der Waals surface area contributed by atoms with Crippen LogP contribution in [0.5, 0.6) is 0 Å². The van der Waals surface area contributed by atoms with Crippen molar-refractivity contribution in [3.05, 3.63) is 49.4 Å². The van der Waals surface area contributed by atoms with Crippen LogP contribution in [0.15, 0.2) is 49.4 Å². The number of aromatic nitrogens is 2. The molecule has 1 amide bonds. The quantitative estimate of drug-likeness (QED) is 0.545. The number of carbonyl (C=O) groups is 1. The number of imidazole rings is 1. The summed E-state index contributed by atoms with van der Waals surface area (Å²) in [6, 6.07) is 7.59. The highest BCUT2D eigenvalue weighted by atomic mass is 16.1. The highest BCUT2D eigenvalue weighted by molar-refractivity contribution is 5.92. The lowest BCUT2D eigenvalue weighted by Gasteiger charge is -2.06. The van der Waals surface area contributed by atoms with Crippen LogP contribution in [-0.4, -0.2) is 29.0 Å². The Morgan fingerprint density at radius 3 is 2.79 bits per heavy atom. The molecule has 0 saturated heterocycles. The fourth-order valence-electron chi connectivity index (χ4n) is 1.64. The Bertz CT molecular complexity index is 531. The van der Waals surface area contributed by atoms with Gasteiger partial charge in [-0.1, -0.05) is 18.2 Å². The minimum atomic E-state index is -0.0730. The molecule has 5 nitrogen and oxygen atoms in total. The second-order valence-electron chi connectivity index (χ2n) is 4.01. The third-order valence-corrected chi connectivity index (χ3v) is 2.55. The number of amides is 1. The molecule has 0 bridgehead atoms. The van der Waals surface area contributed by atoms with Crippen molar-refractivity contribution in [2.75, 3.05) is 18.4 Å². The summed E-state index contributed by atoms with van der Waals surface area (Å²) in [5, 5.41) is 5.76. The standard InChI is InChI=1S/C14H16N4O/c1-2-7-15-9-14(19)18-12-5-3-11(4-6-12)13-8-16-10-17-13/h2-6,8,10,15H,1,7,9H2,(H,16,17)(H,18,19). The Morgan fingerprint density at radius 2 is 2.16 bits per heavy atom. The normalized spacial score (nSPS) is 10.1. The minimum Gasteiger partial charge on any atom is -0.345 e. The minimum absolute atomic E-state index is 0.0730. The molecule has 2 rings (SSSR count). The van der Waals surface area contributed by atoms with Gasteiger partial charge in [-0.3, -0.25) is 4.79 Å². The molecule has 0 radical (unpaired) electrons. The SMILES string of the molecule is C=CCNCC(=O)Nc1ccc(-c2cnc[nH]2)cc1. The van der Waals surface area contributed by atoms with Crippen LogP contribution in [0.25, 0.3) is 11.3 Å². The van der Waals surface area contributed by atoms with Gasteiger partial charge in [0.15, 0.2) is 0 Å². The van der Waals surface area contributed by atoms with Gasteiger partial charge in [0.05, 0.1) is 24.8 Å². The first-order valence-electron chi connectivity index (χ1n) is 6.00. The van der Waals surface area contributed by atoms with E-state index in [0.29, 0.717) is 6.54 Å². The van der Waals surface area contributed by atoms with Crippen molar-refractivity contribution in [2.24, 2.45) is 0 Å². The van der Waals surface area contributed by atoms with Crippen LogP contribution in [0.1, 0.15) is 0 Å². The molecule has 1 aromatic heterocycles. The summed E-state index contributed by atoms with van der Waals surface area (Å²) in [5.74, 6) is -0.0730. The van der Waals surface area contributed by atoms with Gasteiger partial charge < -0.3 is 15.6 Å². The number of carbonyl (C=O) groups excluding carboxylic acids is 1. The second-order valence-corrected chi connectivity index (χ2v) is 4.01. The molecule has 1 heterocycles. The van der Waals surface area contributed by atoms with Crippen LogP contribution in [0, 0.1) is 0 Å². The molecule has 2 aromatic rings. The third-order valence-electron chi connectivity index (χ3n) is 2.55. The predicted molar refractivity (Wildman–Crippen MR) is 75.7 cm³/mol. The number of hydrogen-bond donors (Lipinski definition) is 3. The fraction of sp³-hybridized carbons (Fsp3) is 0.143. The Kier molecular flexibility index (Phi) is 4.47. The maximum Gasteiger partial charge on any atom is 0.238 e. The number of nitrogens with zero attached hydrogens (tertiary/aromatic N) is 1. The van der Waals surface area contributed by atoms with Crippen molar-refractivity contribution in [3.8, 4) is 11.3 Å². The highest BCUT2D eigenvalue weighted by Crippen LogP contribution is 2.18. The van der Waals surface area contributed by atoms with Gasteiger partial charge in [0.1, 0.15) is 0 Å². The van der Waals surface area contributed by atoms with Crippen molar-refractivity contribution in [3.63, 3.8) is 0 Å². The average molecular weight is 256 g/mol. The Labute approximate surface area is 111 Å². The highest BCUT2D eigenvalue weighted by Gasteiger charge is 2.02. The van der Waals surface area contributed by atoms with Crippen molar-refractivity contribution < 1.29 is 4.79 Å². The molecule has 0 fully saturated rings. The summed E-state index contributed by atoms with van der Waals surface area (Å²) in [5.41, 5.74) is 2.75. The summed E-state index contributed by atoms with van der Waals surface area (Å²) in [7, 11) is 0. The van der Waals surface area contributed by atoms with Gasteiger partial charge in [-0.25, -0.2) is 4.98 Å². The van der Waals surface area contributed by atoms with E-state index in [4.69, 9.17) is 0 Å². The number of rotatable bonds is 6. The summed E-state index contributed by atoms with van der Waals surface area (Å²) in [6.07, 6.45) is 5.11. The zero-order valence-corrected chi connectivity index (χ0v) is 10.5. The van der Waals surface area contributed by atoms with Crippen LogP contribution in [0.2, 0.25) is 0 Å². The second kappa shape index (κ2) is 6.51. The van der Waals surface area contributed by atoms with E-state index in [1.807, 2.05) is 24.3 Å². The largest absolute Gasteiger partial charge is 0.345 e. The first-order valence-corrected chi connectivity index (χ1v) is 6.00. The molecule has 3 N–H and O–H groups in total. The average Bonchev–Trinajstić information content (AvgIpc) is 2.94. The molecule has 0 atom stereocenters. The van der Waals surface area contributed by atoms with Gasteiger partial charge in [0, 0.05) is 12.2 Å². The molecule has 1 aromatic carbocycles. The van der Waals surface area contributed by atoms with Gasteiger partial charge in [-0.2, -0.15) is 0 Å². The molecular weight excluding hydrogens is 240 g/mol. The number of hydrogen-bond acceptors (Lipinski definition) is 3. The zero-order chi connectivity index (χ0) is 13.5. The molecule has 0 aliphatic carbocycles. The van der Waals surface area contributed by atoms with E-state index in [1.54, 1.807) is 18.6 Å². The fourth-order valence-corrected chi connectivity index (χ4v) is 1.64. The lowest BCUT2D eigenvalue weighted by atomic mass is 10.1. The molecule has 0 aliphatic heterocycles. The maximum atomic E-state index is 11.6. The Balaban J connectivity index is 1.92. The van der Waals surface area contributed by atoms with E-state index in [9.17, 15) is 4.79 Å². The predicted octanol–water partition coefficient (Wildman–Crippen LogP) is 1.79.